The highest BCUT2D eigenvalue weighted by atomic mass is 16.5. The molecule has 1 heterocycles. The first kappa shape index (κ1) is 18.0. The van der Waals surface area contributed by atoms with Gasteiger partial charge >= 0.3 is 0 Å². The predicted molar refractivity (Wildman–Crippen MR) is 106 cm³/mol. The Morgan fingerprint density at radius 1 is 1.04 bits per heavy atom. The van der Waals surface area contributed by atoms with Gasteiger partial charge in [0.2, 0.25) is 5.88 Å². The van der Waals surface area contributed by atoms with Crippen molar-refractivity contribution in [3.63, 3.8) is 0 Å². The van der Waals surface area contributed by atoms with Crippen LogP contribution in [-0.2, 0) is 5.41 Å². The van der Waals surface area contributed by atoms with Gasteiger partial charge in [-0.3, -0.25) is 4.79 Å². The lowest BCUT2D eigenvalue weighted by atomic mass is 9.53. The first-order valence-corrected chi connectivity index (χ1v) is 10.1. The van der Waals surface area contributed by atoms with Crippen LogP contribution in [0.2, 0.25) is 0 Å². The van der Waals surface area contributed by atoms with Gasteiger partial charge in [0.1, 0.15) is 5.75 Å². The zero-order valence-corrected chi connectivity index (χ0v) is 16.2. The Labute approximate surface area is 161 Å². The minimum atomic E-state index is -0.148. The molecular formula is C23H28N2O2. The van der Waals surface area contributed by atoms with Gasteiger partial charge in [-0.05, 0) is 66.7 Å². The summed E-state index contributed by atoms with van der Waals surface area (Å²) < 4.78 is 5.87. The summed E-state index contributed by atoms with van der Waals surface area (Å²) in [4.78, 5) is 15.8. The van der Waals surface area contributed by atoms with Crippen molar-refractivity contribution in [2.45, 2.75) is 50.9 Å². The Balaban J connectivity index is 1.50. The molecule has 0 radical (unpaired) electrons. The number of ether oxygens (including phenoxy) is 1. The first-order chi connectivity index (χ1) is 13.1. The lowest BCUT2D eigenvalue weighted by Gasteiger charge is -2.52. The van der Waals surface area contributed by atoms with Crippen molar-refractivity contribution in [1.82, 2.24) is 10.3 Å². The second-order valence-corrected chi connectivity index (χ2v) is 8.13. The van der Waals surface area contributed by atoms with Crippen molar-refractivity contribution in [2.24, 2.45) is 11.8 Å². The van der Waals surface area contributed by atoms with Gasteiger partial charge in [0.15, 0.2) is 0 Å². The van der Waals surface area contributed by atoms with Crippen LogP contribution < -0.4 is 10.1 Å². The first-order valence-electron chi connectivity index (χ1n) is 10.1. The fourth-order valence-electron chi connectivity index (χ4n) is 5.24. The molecule has 1 aromatic carbocycles. The van der Waals surface area contributed by atoms with Gasteiger partial charge in [-0.25, -0.2) is 4.98 Å². The number of carbonyl (C=O) groups is 1. The number of fused-ring (bicyclic) bond motifs is 2. The average molecular weight is 364 g/mol. The van der Waals surface area contributed by atoms with Gasteiger partial charge in [-0.15, -0.1) is 0 Å². The van der Waals surface area contributed by atoms with Crippen LogP contribution in [0, 0.1) is 11.8 Å². The Morgan fingerprint density at radius 3 is 2.19 bits per heavy atom. The topological polar surface area (TPSA) is 51.2 Å². The molecule has 1 amide bonds. The van der Waals surface area contributed by atoms with Crippen molar-refractivity contribution >= 4 is 5.91 Å². The van der Waals surface area contributed by atoms with Gasteiger partial charge in [-0.1, -0.05) is 31.9 Å². The van der Waals surface area contributed by atoms with Crippen LogP contribution in [0.15, 0.2) is 42.6 Å². The molecule has 0 saturated heterocycles. The third-order valence-corrected chi connectivity index (χ3v) is 6.83. The van der Waals surface area contributed by atoms with Crippen molar-refractivity contribution in [2.75, 3.05) is 7.05 Å². The number of amides is 1. The van der Waals surface area contributed by atoms with Crippen LogP contribution >= 0.6 is 0 Å². The number of pyridine rings is 1. The third-order valence-electron chi connectivity index (χ3n) is 6.83. The van der Waals surface area contributed by atoms with Crippen molar-refractivity contribution in [1.29, 1.82) is 0 Å². The predicted octanol–water partition coefficient (Wildman–Crippen LogP) is 5.09. The molecule has 2 fully saturated rings. The summed E-state index contributed by atoms with van der Waals surface area (Å²) in [6.07, 6.45) is 9.79. The second kappa shape index (κ2) is 7.34. The number of hydrogen-bond donors (Lipinski definition) is 1. The molecule has 0 unspecified atom stereocenters. The van der Waals surface area contributed by atoms with E-state index in [-0.39, 0.29) is 5.91 Å². The smallest absolute Gasteiger partial charge is 0.252 e. The molecule has 2 aromatic rings. The molecule has 2 bridgehead atoms. The molecule has 4 heteroatoms. The van der Waals surface area contributed by atoms with Crippen LogP contribution in [0.1, 0.15) is 61.4 Å². The highest BCUT2D eigenvalue weighted by Crippen LogP contribution is 2.54. The zero-order valence-electron chi connectivity index (χ0n) is 16.2. The number of nitrogens with one attached hydrogen (secondary N) is 1. The molecule has 1 N–H and O–H groups in total. The van der Waals surface area contributed by atoms with Crippen molar-refractivity contribution < 1.29 is 9.53 Å². The summed E-state index contributed by atoms with van der Waals surface area (Å²) in [6, 6.07) is 12.0. The molecule has 2 saturated carbocycles. The van der Waals surface area contributed by atoms with E-state index in [1.54, 1.807) is 19.2 Å². The number of rotatable bonds is 4. The maximum absolute atomic E-state index is 11.6. The van der Waals surface area contributed by atoms with Crippen LogP contribution in [0.3, 0.4) is 0 Å². The Bertz CT molecular complexity index is 776. The number of hydrogen-bond acceptors (Lipinski definition) is 3. The van der Waals surface area contributed by atoms with Gasteiger partial charge < -0.3 is 10.1 Å². The Hall–Kier alpha value is -2.36. The van der Waals surface area contributed by atoms with E-state index in [4.69, 9.17) is 4.74 Å². The molecule has 2 aliphatic carbocycles. The molecule has 1 aromatic heterocycles. The van der Waals surface area contributed by atoms with E-state index in [1.807, 2.05) is 0 Å². The van der Waals surface area contributed by atoms with Crippen LogP contribution in [0.4, 0.5) is 0 Å². The summed E-state index contributed by atoms with van der Waals surface area (Å²) >= 11 is 0. The molecule has 142 valence electrons. The largest absolute Gasteiger partial charge is 0.439 e. The van der Waals surface area contributed by atoms with Crippen molar-refractivity contribution in [3.8, 4) is 11.6 Å². The second-order valence-electron chi connectivity index (χ2n) is 8.13. The average Bonchev–Trinajstić information content (AvgIpc) is 2.68. The van der Waals surface area contributed by atoms with E-state index in [9.17, 15) is 4.79 Å². The van der Waals surface area contributed by atoms with Gasteiger partial charge in [-0.2, -0.15) is 0 Å². The molecule has 0 aliphatic heterocycles. The van der Waals surface area contributed by atoms with E-state index in [0.717, 1.165) is 17.6 Å². The zero-order chi connectivity index (χ0) is 18.9. The molecule has 4 nitrogen and oxygen atoms in total. The lowest BCUT2D eigenvalue weighted by molar-refractivity contribution is 0.0666. The number of carbonyl (C=O) groups excluding carboxylic acids is 1. The lowest BCUT2D eigenvalue weighted by Crippen LogP contribution is -2.45. The van der Waals surface area contributed by atoms with E-state index >= 15 is 0 Å². The van der Waals surface area contributed by atoms with E-state index in [2.05, 4.69) is 41.5 Å². The molecule has 27 heavy (non-hydrogen) atoms. The molecule has 0 spiro atoms. The van der Waals surface area contributed by atoms with Crippen molar-refractivity contribution in [3.05, 3.63) is 53.7 Å². The van der Waals surface area contributed by atoms with E-state index < -0.39 is 0 Å². The van der Waals surface area contributed by atoms with Crippen LogP contribution in [0.25, 0.3) is 0 Å². The third kappa shape index (κ3) is 3.33. The Kier molecular flexibility index (Phi) is 4.90. The fraction of sp³-hybridized carbons (Fsp3) is 0.478. The normalized spacial score (nSPS) is 27.0. The number of aromatic nitrogens is 1. The molecular weight excluding hydrogens is 336 g/mol. The summed E-state index contributed by atoms with van der Waals surface area (Å²) in [6.45, 7) is 2.48. The van der Waals surface area contributed by atoms with Crippen LogP contribution in [-0.4, -0.2) is 17.9 Å². The summed E-state index contributed by atoms with van der Waals surface area (Å²) in [5, 5.41) is 2.59. The summed E-state index contributed by atoms with van der Waals surface area (Å²) in [5.74, 6) is 2.76. The van der Waals surface area contributed by atoms with Gasteiger partial charge in [0, 0.05) is 19.3 Å². The summed E-state index contributed by atoms with van der Waals surface area (Å²) in [7, 11) is 1.61. The van der Waals surface area contributed by atoms with Crippen LogP contribution in [0.5, 0.6) is 11.6 Å². The maximum Gasteiger partial charge on any atom is 0.252 e. The standard InChI is InChI=1S/C23H28N2O2/c1-23(17-5-3-6-18(23)8-4-7-17)19-10-12-20(13-11-19)27-21-14-9-16(15-25-21)22(26)24-2/h9-15,17-18H,3-8H2,1-2H3,(H,24,26). The minimum Gasteiger partial charge on any atom is -0.439 e. The quantitative estimate of drug-likeness (QED) is 0.822. The molecule has 4 rings (SSSR count). The molecule has 2 aliphatic rings. The minimum absolute atomic E-state index is 0.148. The van der Waals surface area contributed by atoms with Gasteiger partial charge in [0.05, 0.1) is 5.56 Å². The van der Waals surface area contributed by atoms with E-state index in [1.165, 1.54) is 50.3 Å². The highest BCUT2D eigenvalue weighted by molar-refractivity contribution is 5.93. The monoisotopic (exact) mass is 364 g/mol. The molecule has 0 atom stereocenters. The summed E-state index contributed by atoms with van der Waals surface area (Å²) in [5.41, 5.74) is 2.28. The fourth-order valence-corrected chi connectivity index (χ4v) is 5.24. The Morgan fingerprint density at radius 2 is 1.67 bits per heavy atom. The van der Waals surface area contributed by atoms with Gasteiger partial charge in [0.25, 0.3) is 5.91 Å². The maximum atomic E-state index is 11.6. The highest BCUT2D eigenvalue weighted by Gasteiger charge is 2.46. The van der Waals surface area contributed by atoms with E-state index in [0.29, 0.717) is 16.9 Å². The SMILES string of the molecule is CNC(=O)c1ccc(Oc2ccc(C3(C)C4CCCC3CCC4)cc2)nc1. The number of nitrogens with zero attached hydrogens (tertiary/aromatic N) is 1. The number of benzene rings is 1.